The first-order valence-electron chi connectivity index (χ1n) is 7.22. The summed E-state index contributed by atoms with van der Waals surface area (Å²) in [6, 6.07) is 6.08. The molecule has 0 fully saturated rings. The number of nitrogens with one attached hydrogen (secondary N) is 1. The maximum Gasteiger partial charge on any atom is 0.123 e. The van der Waals surface area contributed by atoms with E-state index < -0.39 is 0 Å². The quantitative estimate of drug-likeness (QED) is 0.668. The van der Waals surface area contributed by atoms with Crippen LogP contribution in [0.3, 0.4) is 0 Å². The van der Waals surface area contributed by atoms with Gasteiger partial charge in [-0.2, -0.15) is 0 Å². The highest BCUT2D eigenvalue weighted by atomic mass is 16.5. The van der Waals surface area contributed by atoms with Crippen molar-refractivity contribution in [1.29, 1.82) is 0 Å². The minimum absolute atomic E-state index is 0.183. The maximum absolute atomic E-state index is 5.47. The Bertz CT molecular complexity index is 413. The van der Waals surface area contributed by atoms with E-state index in [9.17, 15) is 0 Å². The van der Waals surface area contributed by atoms with E-state index in [1.807, 2.05) is 25.2 Å². The van der Waals surface area contributed by atoms with Gasteiger partial charge in [-0.15, -0.1) is 0 Å². The monoisotopic (exact) mass is 296 g/mol. The summed E-state index contributed by atoms with van der Waals surface area (Å²) in [5, 5.41) is 3.36. The fraction of sp³-hybridized carbons (Fsp3) is 0.625. The van der Waals surface area contributed by atoms with Crippen LogP contribution in [0.25, 0.3) is 0 Å². The molecule has 0 heterocycles. The van der Waals surface area contributed by atoms with Crippen molar-refractivity contribution in [3.05, 3.63) is 23.8 Å². The summed E-state index contributed by atoms with van der Waals surface area (Å²) >= 11 is 0. The molecule has 1 N–H and O–H groups in total. The first-order chi connectivity index (χ1) is 10.2. The number of nitrogens with zero attached hydrogens (tertiary/aromatic N) is 1. The first kappa shape index (κ1) is 17.8. The summed E-state index contributed by atoms with van der Waals surface area (Å²) in [5.74, 6) is 1.72. The van der Waals surface area contributed by atoms with Crippen LogP contribution in [0.15, 0.2) is 18.2 Å². The third-order valence-electron chi connectivity index (χ3n) is 3.54. The van der Waals surface area contributed by atoms with Gasteiger partial charge in [0.05, 0.1) is 14.2 Å². The molecule has 1 aromatic carbocycles. The van der Waals surface area contributed by atoms with Crippen molar-refractivity contribution >= 4 is 0 Å². The maximum atomic E-state index is 5.47. The second kappa shape index (κ2) is 9.60. The molecule has 0 saturated carbocycles. The lowest BCUT2D eigenvalue weighted by Gasteiger charge is -2.25. The van der Waals surface area contributed by atoms with Gasteiger partial charge in [0.15, 0.2) is 0 Å². The van der Waals surface area contributed by atoms with Crippen molar-refractivity contribution in [2.75, 3.05) is 55.1 Å². The van der Waals surface area contributed by atoms with Crippen molar-refractivity contribution in [3.8, 4) is 11.5 Å². The molecule has 1 aromatic rings. The Balaban J connectivity index is 2.78. The lowest BCUT2D eigenvalue weighted by Crippen LogP contribution is -2.32. The number of benzene rings is 1. The number of methoxy groups -OCH3 is 3. The number of ether oxygens (including phenoxy) is 3. The van der Waals surface area contributed by atoms with Gasteiger partial charge in [0.25, 0.3) is 0 Å². The van der Waals surface area contributed by atoms with Crippen LogP contribution in [0.1, 0.15) is 18.0 Å². The summed E-state index contributed by atoms with van der Waals surface area (Å²) in [5.41, 5.74) is 1.11. The molecule has 0 aromatic heterocycles. The minimum Gasteiger partial charge on any atom is -0.497 e. The molecule has 120 valence electrons. The predicted octanol–water partition coefficient (Wildman–Crippen LogP) is 1.93. The van der Waals surface area contributed by atoms with E-state index in [4.69, 9.17) is 14.2 Å². The van der Waals surface area contributed by atoms with Gasteiger partial charge in [-0.05, 0) is 38.7 Å². The Hall–Kier alpha value is -1.30. The number of likely N-dealkylation sites (N-methyl/N-ethyl adjacent to an activating group) is 2. The molecule has 0 aliphatic heterocycles. The Morgan fingerprint density at radius 1 is 1.19 bits per heavy atom. The van der Waals surface area contributed by atoms with E-state index in [0.29, 0.717) is 0 Å². The van der Waals surface area contributed by atoms with Gasteiger partial charge >= 0.3 is 0 Å². The van der Waals surface area contributed by atoms with E-state index >= 15 is 0 Å². The van der Waals surface area contributed by atoms with Crippen molar-refractivity contribution in [3.63, 3.8) is 0 Å². The Morgan fingerprint density at radius 3 is 2.52 bits per heavy atom. The lowest BCUT2D eigenvalue weighted by atomic mass is 10.0. The van der Waals surface area contributed by atoms with E-state index in [-0.39, 0.29) is 6.04 Å². The van der Waals surface area contributed by atoms with E-state index in [1.165, 1.54) is 0 Å². The van der Waals surface area contributed by atoms with Gasteiger partial charge in [0.1, 0.15) is 11.5 Å². The smallest absolute Gasteiger partial charge is 0.123 e. The van der Waals surface area contributed by atoms with Crippen molar-refractivity contribution < 1.29 is 14.2 Å². The predicted molar refractivity (Wildman–Crippen MR) is 85.3 cm³/mol. The molecule has 0 aliphatic carbocycles. The van der Waals surface area contributed by atoms with Crippen molar-refractivity contribution in [1.82, 2.24) is 10.2 Å². The molecule has 0 radical (unpaired) electrons. The summed E-state index contributed by atoms with van der Waals surface area (Å²) in [6.45, 7) is 2.68. The summed E-state index contributed by atoms with van der Waals surface area (Å²) in [4.78, 5) is 2.29. The van der Waals surface area contributed by atoms with Gasteiger partial charge in [0, 0.05) is 38.4 Å². The van der Waals surface area contributed by atoms with Crippen molar-refractivity contribution in [2.45, 2.75) is 12.5 Å². The fourth-order valence-electron chi connectivity index (χ4n) is 2.34. The summed E-state index contributed by atoms with van der Waals surface area (Å²) in [6.07, 6.45) is 1.03. The molecule has 0 bridgehead atoms. The molecular weight excluding hydrogens is 268 g/mol. The molecular formula is C16H28N2O3. The minimum atomic E-state index is 0.183. The van der Waals surface area contributed by atoms with E-state index in [1.54, 1.807) is 21.3 Å². The highest BCUT2D eigenvalue weighted by Crippen LogP contribution is 2.29. The van der Waals surface area contributed by atoms with Crippen LogP contribution in [0.2, 0.25) is 0 Å². The highest BCUT2D eigenvalue weighted by molar-refractivity contribution is 5.42. The molecule has 21 heavy (non-hydrogen) atoms. The summed E-state index contributed by atoms with van der Waals surface area (Å²) in [7, 11) is 9.19. The Kier molecular flexibility index (Phi) is 8.12. The second-order valence-corrected chi connectivity index (χ2v) is 5.06. The molecule has 1 atom stereocenters. The normalized spacial score (nSPS) is 12.5. The van der Waals surface area contributed by atoms with Crippen LogP contribution in [-0.4, -0.2) is 60.0 Å². The molecule has 5 heteroatoms. The van der Waals surface area contributed by atoms with Crippen LogP contribution in [0, 0.1) is 0 Å². The average molecular weight is 296 g/mol. The zero-order valence-electron chi connectivity index (χ0n) is 13.8. The zero-order chi connectivity index (χ0) is 15.7. The Labute approximate surface area is 128 Å². The van der Waals surface area contributed by atoms with Crippen LogP contribution < -0.4 is 14.8 Å². The third kappa shape index (κ3) is 5.53. The number of rotatable bonds is 10. The molecule has 1 rings (SSSR count). The SMILES string of the molecule is CNC(CN(C)CCCOC)c1cc(OC)ccc1OC. The first-order valence-corrected chi connectivity index (χ1v) is 7.22. The molecule has 0 aliphatic rings. The van der Waals surface area contributed by atoms with Gasteiger partial charge in [-0.25, -0.2) is 0 Å². The molecule has 1 unspecified atom stereocenters. The molecule has 5 nitrogen and oxygen atoms in total. The molecule has 0 saturated heterocycles. The Morgan fingerprint density at radius 2 is 1.95 bits per heavy atom. The van der Waals surface area contributed by atoms with Gasteiger partial charge < -0.3 is 24.4 Å². The van der Waals surface area contributed by atoms with Crippen LogP contribution in [-0.2, 0) is 4.74 Å². The van der Waals surface area contributed by atoms with Crippen LogP contribution in [0.5, 0.6) is 11.5 Å². The topological polar surface area (TPSA) is 43.0 Å². The van der Waals surface area contributed by atoms with Crippen LogP contribution in [0.4, 0.5) is 0 Å². The standard InChI is InChI=1S/C16H28N2O3/c1-17-15(12-18(2)9-6-10-19-3)14-11-13(20-4)7-8-16(14)21-5/h7-8,11,15,17H,6,9-10,12H2,1-5H3. The number of hydrogen-bond donors (Lipinski definition) is 1. The largest absolute Gasteiger partial charge is 0.497 e. The zero-order valence-corrected chi connectivity index (χ0v) is 13.8. The number of hydrogen-bond acceptors (Lipinski definition) is 5. The van der Waals surface area contributed by atoms with Gasteiger partial charge in [-0.1, -0.05) is 0 Å². The molecule has 0 amide bonds. The van der Waals surface area contributed by atoms with E-state index in [0.717, 1.165) is 43.2 Å². The lowest BCUT2D eigenvalue weighted by molar-refractivity contribution is 0.176. The van der Waals surface area contributed by atoms with Crippen LogP contribution >= 0.6 is 0 Å². The summed E-state index contributed by atoms with van der Waals surface area (Å²) < 4.78 is 15.9. The highest BCUT2D eigenvalue weighted by Gasteiger charge is 2.17. The molecule has 0 spiro atoms. The van der Waals surface area contributed by atoms with Crippen molar-refractivity contribution in [2.24, 2.45) is 0 Å². The average Bonchev–Trinajstić information content (AvgIpc) is 2.52. The van der Waals surface area contributed by atoms with E-state index in [2.05, 4.69) is 17.3 Å². The van der Waals surface area contributed by atoms with Gasteiger partial charge in [0.2, 0.25) is 0 Å². The fourth-order valence-corrected chi connectivity index (χ4v) is 2.34. The second-order valence-electron chi connectivity index (χ2n) is 5.06. The van der Waals surface area contributed by atoms with Gasteiger partial charge in [-0.3, -0.25) is 0 Å². The third-order valence-corrected chi connectivity index (χ3v) is 3.54.